The molecular formula is C27H25ClN2O3. The number of anilines is 2. The van der Waals surface area contributed by atoms with Gasteiger partial charge in [-0.25, -0.2) is 4.90 Å². The third-order valence-corrected chi connectivity index (χ3v) is 6.20. The van der Waals surface area contributed by atoms with E-state index in [2.05, 4.69) is 19.2 Å². The second kappa shape index (κ2) is 9.12. The molecule has 0 saturated carbocycles. The Balaban J connectivity index is 1.80. The van der Waals surface area contributed by atoms with Crippen LogP contribution in [-0.2, 0) is 9.59 Å². The van der Waals surface area contributed by atoms with E-state index >= 15 is 0 Å². The number of carbonyl (C=O) groups is 2. The van der Waals surface area contributed by atoms with Crippen LogP contribution in [0.15, 0.2) is 72.4 Å². The van der Waals surface area contributed by atoms with Crippen LogP contribution in [0.2, 0.25) is 5.02 Å². The highest BCUT2D eigenvalue weighted by molar-refractivity contribution is 6.46. The molecule has 0 saturated heterocycles. The van der Waals surface area contributed by atoms with Gasteiger partial charge in [0.25, 0.3) is 11.8 Å². The smallest absolute Gasteiger partial charge is 0.282 e. The maximum atomic E-state index is 13.6. The number of rotatable bonds is 6. The van der Waals surface area contributed by atoms with Gasteiger partial charge in [-0.15, -0.1) is 0 Å². The first-order chi connectivity index (χ1) is 15.8. The molecule has 33 heavy (non-hydrogen) atoms. The number of imide groups is 1. The van der Waals surface area contributed by atoms with Crippen molar-refractivity contribution >= 4 is 40.4 Å². The molecule has 0 aromatic heterocycles. The molecule has 4 rings (SSSR count). The molecule has 1 aliphatic rings. The largest absolute Gasteiger partial charge is 0.497 e. The van der Waals surface area contributed by atoms with Crippen LogP contribution in [0.25, 0.3) is 5.57 Å². The van der Waals surface area contributed by atoms with Gasteiger partial charge in [0.1, 0.15) is 11.4 Å². The zero-order valence-corrected chi connectivity index (χ0v) is 19.7. The summed E-state index contributed by atoms with van der Waals surface area (Å²) in [5.74, 6) is 0.225. The molecule has 0 spiro atoms. The number of carbonyl (C=O) groups excluding carboxylic acids is 2. The Kier molecular flexibility index (Phi) is 6.25. The molecule has 1 heterocycles. The molecule has 2 amide bonds. The van der Waals surface area contributed by atoms with Gasteiger partial charge in [0, 0.05) is 10.7 Å². The van der Waals surface area contributed by atoms with Gasteiger partial charge in [0.15, 0.2) is 0 Å². The molecule has 0 aliphatic carbocycles. The monoisotopic (exact) mass is 460 g/mol. The molecule has 6 heteroatoms. The van der Waals surface area contributed by atoms with Gasteiger partial charge in [-0.2, -0.15) is 0 Å². The Bertz CT molecular complexity index is 1250. The van der Waals surface area contributed by atoms with Gasteiger partial charge < -0.3 is 10.1 Å². The van der Waals surface area contributed by atoms with Gasteiger partial charge in [-0.05, 0) is 65.9 Å². The van der Waals surface area contributed by atoms with Crippen molar-refractivity contribution < 1.29 is 14.3 Å². The van der Waals surface area contributed by atoms with E-state index in [0.29, 0.717) is 39.1 Å². The lowest BCUT2D eigenvalue weighted by molar-refractivity contribution is -0.120. The number of benzene rings is 3. The average Bonchev–Trinajstić information content (AvgIpc) is 3.05. The minimum Gasteiger partial charge on any atom is -0.497 e. The number of ether oxygens (including phenoxy) is 1. The molecule has 0 bridgehead atoms. The molecule has 0 unspecified atom stereocenters. The lowest BCUT2D eigenvalue weighted by Gasteiger charge is -2.18. The zero-order chi connectivity index (χ0) is 23.7. The standard InChI is InChI=1S/C27H25ClN2O3/c1-16(2)18-8-12-20(13-9-18)29-25-24(19-10-14-21(33-4)15-11-19)26(31)30(27(25)32)23-7-5-6-22(28)17(23)3/h5-16,29H,1-4H3. The summed E-state index contributed by atoms with van der Waals surface area (Å²) in [7, 11) is 1.58. The Hall–Kier alpha value is -3.57. The topological polar surface area (TPSA) is 58.6 Å². The fraction of sp³-hybridized carbons (Fsp3) is 0.185. The first-order valence-corrected chi connectivity index (χ1v) is 11.1. The number of amides is 2. The molecule has 0 radical (unpaired) electrons. The summed E-state index contributed by atoms with van der Waals surface area (Å²) in [4.78, 5) is 28.4. The molecular weight excluding hydrogens is 436 g/mol. The average molecular weight is 461 g/mol. The van der Waals surface area contributed by atoms with Gasteiger partial charge >= 0.3 is 0 Å². The Morgan fingerprint density at radius 3 is 2.18 bits per heavy atom. The van der Waals surface area contributed by atoms with E-state index in [1.54, 1.807) is 56.5 Å². The molecule has 3 aromatic carbocycles. The molecule has 0 atom stereocenters. The Morgan fingerprint density at radius 1 is 0.909 bits per heavy atom. The molecule has 1 N–H and O–H groups in total. The SMILES string of the molecule is COc1ccc(C2=C(Nc3ccc(C(C)C)cc3)C(=O)N(c3cccc(Cl)c3C)C2=O)cc1. The number of halogens is 1. The van der Waals surface area contributed by atoms with Crippen LogP contribution in [0.5, 0.6) is 5.75 Å². The summed E-state index contributed by atoms with van der Waals surface area (Å²) in [6.45, 7) is 6.04. The minimum atomic E-state index is -0.427. The second-order valence-electron chi connectivity index (χ2n) is 8.21. The van der Waals surface area contributed by atoms with E-state index in [0.717, 1.165) is 5.69 Å². The van der Waals surface area contributed by atoms with Crippen LogP contribution < -0.4 is 15.0 Å². The van der Waals surface area contributed by atoms with Crippen molar-refractivity contribution in [1.29, 1.82) is 0 Å². The second-order valence-corrected chi connectivity index (χ2v) is 8.62. The van der Waals surface area contributed by atoms with E-state index in [-0.39, 0.29) is 5.70 Å². The van der Waals surface area contributed by atoms with Crippen LogP contribution in [0, 0.1) is 6.92 Å². The van der Waals surface area contributed by atoms with E-state index in [1.165, 1.54) is 10.5 Å². The summed E-state index contributed by atoms with van der Waals surface area (Å²) in [5.41, 5.74) is 4.20. The highest BCUT2D eigenvalue weighted by Gasteiger charge is 2.41. The molecule has 3 aromatic rings. The molecule has 0 fully saturated rings. The van der Waals surface area contributed by atoms with Crippen molar-refractivity contribution in [3.63, 3.8) is 0 Å². The van der Waals surface area contributed by atoms with Crippen molar-refractivity contribution in [3.8, 4) is 5.75 Å². The van der Waals surface area contributed by atoms with Crippen molar-refractivity contribution in [2.45, 2.75) is 26.7 Å². The number of nitrogens with zero attached hydrogens (tertiary/aromatic N) is 1. The third-order valence-electron chi connectivity index (χ3n) is 5.79. The van der Waals surface area contributed by atoms with Gasteiger partial charge in [-0.1, -0.05) is 55.8 Å². The fourth-order valence-corrected chi connectivity index (χ4v) is 3.99. The van der Waals surface area contributed by atoms with Crippen molar-refractivity contribution in [2.24, 2.45) is 0 Å². The first-order valence-electron chi connectivity index (χ1n) is 10.7. The Labute approximate surface area is 198 Å². The highest BCUT2D eigenvalue weighted by Crippen LogP contribution is 2.37. The van der Waals surface area contributed by atoms with Crippen molar-refractivity contribution in [2.75, 3.05) is 17.3 Å². The predicted octanol–water partition coefficient (Wildman–Crippen LogP) is 6.18. The Morgan fingerprint density at radius 2 is 1.58 bits per heavy atom. The lowest BCUT2D eigenvalue weighted by Crippen LogP contribution is -2.33. The number of hydrogen-bond donors (Lipinski definition) is 1. The van der Waals surface area contributed by atoms with E-state index in [4.69, 9.17) is 16.3 Å². The quantitative estimate of drug-likeness (QED) is 0.446. The normalized spacial score (nSPS) is 13.8. The first kappa shape index (κ1) is 22.6. The number of nitrogens with one attached hydrogen (secondary N) is 1. The van der Waals surface area contributed by atoms with Crippen LogP contribution in [0.1, 0.15) is 36.5 Å². The lowest BCUT2D eigenvalue weighted by atomic mass is 10.0. The third kappa shape index (κ3) is 4.24. The van der Waals surface area contributed by atoms with Gasteiger partial charge in [0.2, 0.25) is 0 Å². The summed E-state index contributed by atoms with van der Waals surface area (Å²) in [6, 6.07) is 20.1. The summed E-state index contributed by atoms with van der Waals surface area (Å²) >= 11 is 6.29. The van der Waals surface area contributed by atoms with Gasteiger partial charge in [-0.3, -0.25) is 9.59 Å². The van der Waals surface area contributed by atoms with Crippen LogP contribution >= 0.6 is 11.6 Å². The summed E-state index contributed by atoms with van der Waals surface area (Å²) < 4.78 is 5.24. The predicted molar refractivity (Wildman–Crippen MR) is 133 cm³/mol. The van der Waals surface area contributed by atoms with Crippen LogP contribution in [0.3, 0.4) is 0 Å². The van der Waals surface area contributed by atoms with Crippen LogP contribution in [0.4, 0.5) is 11.4 Å². The van der Waals surface area contributed by atoms with Crippen LogP contribution in [-0.4, -0.2) is 18.9 Å². The zero-order valence-electron chi connectivity index (χ0n) is 19.0. The molecule has 1 aliphatic heterocycles. The summed E-state index contributed by atoms with van der Waals surface area (Å²) in [6.07, 6.45) is 0. The minimum absolute atomic E-state index is 0.224. The van der Waals surface area contributed by atoms with Crippen molar-refractivity contribution in [3.05, 3.63) is 94.1 Å². The summed E-state index contributed by atoms with van der Waals surface area (Å²) in [5, 5.41) is 3.69. The van der Waals surface area contributed by atoms with E-state index < -0.39 is 11.8 Å². The number of methoxy groups -OCH3 is 1. The molecule has 168 valence electrons. The van der Waals surface area contributed by atoms with E-state index in [9.17, 15) is 9.59 Å². The van der Waals surface area contributed by atoms with Gasteiger partial charge in [0.05, 0.1) is 18.4 Å². The van der Waals surface area contributed by atoms with Crippen molar-refractivity contribution in [1.82, 2.24) is 0 Å². The maximum Gasteiger partial charge on any atom is 0.282 e. The molecule has 5 nitrogen and oxygen atoms in total. The highest BCUT2D eigenvalue weighted by atomic mass is 35.5. The van der Waals surface area contributed by atoms with E-state index in [1.807, 2.05) is 24.3 Å². The maximum absolute atomic E-state index is 13.6. The fourth-order valence-electron chi connectivity index (χ4n) is 3.82. The number of hydrogen-bond acceptors (Lipinski definition) is 4.